The Hall–Kier alpha value is -2.34. The van der Waals surface area contributed by atoms with Gasteiger partial charge in [-0.1, -0.05) is 24.3 Å². The third kappa shape index (κ3) is 4.25. The van der Waals surface area contributed by atoms with Gasteiger partial charge in [0.2, 0.25) is 0 Å². The number of rotatable bonds is 5. The summed E-state index contributed by atoms with van der Waals surface area (Å²) in [7, 11) is -3.33. The summed E-state index contributed by atoms with van der Waals surface area (Å²) in [4.78, 5) is 15.0. The van der Waals surface area contributed by atoms with Gasteiger partial charge in [-0.25, -0.2) is 8.42 Å². The number of para-hydroxylation sites is 1. The van der Waals surface area contributed by atoms with Crippen molar-refractivity contribution < 1.29 is 13.2 Å². The summed E-state index contributed by atoms with van der Waals surface area (Å²) in [6.45, 7) is 4.29. The van der Waals surface area contributed by atoms with Gasteiger partial charge in [0.05, 0.1) is 4.90 Å². The van der Waals surface area contributed by atoms with Crippen LogP contribution in [0.15, 0.2) is 53.4 Å². The van der Waals surface area contributed by atoms with Gasteiger partial charge in [0.1, 0.15) is 0 Å². The maximum absolute atomic E-state index is 12.5. The number of amides is 1. The summed E-state index contributed by atoms with van der Waals surface area (Å²) >= 11 is 0. The van der Waals surface area contributed by atoms with E-state index in [9.17, 15) is 13.2 Å². The fourth-order valence-corrected chi connectivity index (χ4v) is 3.93. The lowest BCUT2D eigenvalue weighted by molar-refractivity contribution is 0.0947. The van der Waals surface area contributed by atoms with Crippen LogP contribution < -0.4 is 10.2 Å². The Bertz CT molecular complexity index is 895. The molecule has 0 aromatic heterocycles. The number of nitrogens with zero attached hydrogens (tertiary/aromatic N) is 1. The van der Waals surface area contributed by atoms with Crippen molar-refractivity contribution in [1.29, 1.82) is 0 Å². The molecule has 6 heteroatoms. The lowest BCUT2D eigenvalue weighted by Crippen LogP contribution is -2.31. The standard InChI is InChI=1S/C20H24N2O3S/c1-15-8-9-18(26(2,24)25)12-19(15)20(23)21-13-16-10-11-22(14-16)17-6-4-3-5-7-17/h3-9,12,16H,10-11,13-14H2,1-2H3,(H,21,23). The molecule has 2 aromatic rings. The molecule has 26 heavy (non-hydrogen) atoms. The maximum atomic E-state index is 12.5. The van der Waals surface area contributed by atoms with Gasteiger partial charge in [-0.05, 0) is 49.1 Å². The van der Waals surface area contributed by atoms with E-state index in [1.807, 2.05) is 25.1 Å². The third-order valence-corrected chi connectivity index (χ3v) is 5.95. The van der Waals surface area contributed by atoms with Crippen molar-refractivity contribution in [2.45, 2.75) is 18.2 Å². The van der Waals surface area contributed by atoms with Crippen molar-refractivity contribution >= 4 is 21.4 Å². The fraction of sp³-hybridized carbons (Fsp3) is 0.350. The molecule has 1 saturated heterocycles. The Morgan fingerprint density at radius 1 is 1.19 bits per heavy atom. The van der Waals surface area contributed by atoms with E-state index in [1.165, 1.54) is 17.8 Å². The molecule has 1 N–H and O–H groups in total. The van der Waals surface area contributed by atoms with Crippen LogP contribution >= 0.6 is 0 Å². The second-order valence-electron chi connectivity index (χ2n) is 6.90. The van der Waals surface area contributed by atoms with Gasteiger partial charge in [0.15, 0.2) is 9.84 Å². The van der Waals surface area contributed by atoms with Crippen LogP contribution in [0, 0.1) is 12.8 Å². The van der Waals surface area contributed by atoms with E-state index in [4.69, 9.17) is 0 Å². The normalized spacial score (nSPS) is 17.3. The van der Waals surface area contributed by atoms with Gasteiger partial charge in [-0.3, -0.25) is 4.79 Å². The first-order chi connectivity index (χ1) is 12.3. The summed E-state index contributed by atoms with van der Waals surface area (Å²) in [6, 6.07) is 14.9. The van der Waals surface area contributed by atoms with Crippen molar-refractivity contribution in [3.63, 3.8) is 0 Å². The number of aryl methyl sites for hydroxylation is 1. The number of anilines is 1. The van der Waals surface area contributed by atoms with Crippen LogP contribution in [0.3, 0.4) is 0 Å². The first kappa shape index (κ1) is 18.5. The second kappa shape index (κ2) is 7.50. The predicted molar refractivity (Wildman–Crippen MR) is 103 cm³/mol. The maximum Gasteiger partial charge on any atom is 0.251 e. The second-order valence-corrected chi connectivity index (χ2v) is 8.91. The molecule has 138 valence electrons. The van der Waals surface area contributed by atoms with E-state index in [0.29, 0.717) is 18.0 Å². The van der Waals surface area contributed by atoms with Crippen molar-refractivity contribution in [1.82, 2.24) is 5.32 Å². The van der Waals surface area contributed by atoms with Crippen LogP contribution in [0.2, 0.25) is 0 Å². The van der Waals surface area contributed by atoms with Crippen LogP contribution in [0.1, 0.15) is 22.3 Å². The number of sulfone groups is 1. The molecule has 0 aliphatic carbocycles. The molecule has 5 nitrogen and oxygen atoms in total. The monoisotopic (exact) mass is 372 g/mol. The van der Waals surface area contributed by atoms with Crippen LogP contribution in [0.4, 0.5) is 5.69 Å². The minimum absolute atomic E-state index is 0.171. The highest BCUT2D eigenvalue weighted by Crippen LogP contribution is 2.23. The van der Waals surface area contributed by atoms with E-state index in [-0.39, 0.29) is 10.8 Å². The third-order valence-electron chi connectivity index (χ3n) is 4.84. The van der Waals surface area contributed by atoms with Crippen LogP contribution in [-0.2, 0) is 9.84 Å². The minimum atomic E-state index is -3.33. The van der Waals surface area contributed by atoms with E-state index < -0.39 is 9.84 Å². The number of hydrogen-bond donors (Lipinski definition) is 1. The highest BCUT2D eigenvalue weighted by Gasteiger charge is 2.23. The van der Waals surface area contributed by atoms with Gasteiger partial charge < -0.3 is 10.2 Å². The quantitative estimate of drug-likeness (QED) is 0.876. The Morgan fingerprint density at radius 2 is 1.92 bits per heavy atom. The highest BCUT2D eigenvalue weighted by atomic mass is 32.2. The number of carbonyl (C=O) groups is 1. The van der Waals surface area contributed by atoms with Gasteiger partial charge in [-0.15, -0.1) is 0 Å². The molecular weight excluding hydrogens is 348 g/mol. The predicted octanol–water partition coefficient (Wildman–Crippen LogP) is 2.65. The van der Waals surface area contributed by atoms with Gasteiger partial charge in [-0.2, -0.15) is 0 Å². The molecule has 3 rings (SSSR count). The number of benzene rings is 2. The Kier molecular flexibility index (Phi) is 5.32. The van der Waals surface area contributed by atoms with E-state index in [0.717, 1.165) is 31.3 Å². The first-order valence-corrected chi connectivity index (χ1v) is 10.6. The largest absolute Gasteiger partial charge is 0.371 e. The summed E-state index contributed by atoms with van der Waals surface area (Å²) in [5.41, 5.74) is 2.40. The molecule has 1 aliphatic rings. The zero-order valence-electron chi connectivity index (χ0n) is 15.1. The van der Waals surface area contributed by atoms with E-state index in [1.54, 1.807) is 6.07 Å². The Labute approximate surface area is 154 Å². The van der Waals surface area contributed by atoms with Gasteiger partial charge >= 0.3 is 0 Å². The number of nitrogens with one attached hydrogen (secondary N) is 1. The van der Waals surface area contributed by atoms with Crippen molar-refractivity contribution in [2.75, 3.05) is 30.8 Å². The zero-order chi connectivity index (χ0) is 18.7. The average Bonchev–Trinajstić information content (AvgIpc) is 3.09. The number of hydrogen-bond acceptors (Lipinski definition) is 4. The van der Waals surface area contributed by atoms with Crippen molar-refractivity contribution in [3.05, 3.63) is 59.7 Å². The minimum Gasteiger partial charge on any atom is -0.371 e. The van der Waals surface area contributed by atoms with Gasteiger partial charge in [0.25, 0.3) is 5.91 Å². The lowest BCUT2D eigenvalue weighted by atomic mass is 10.1. The first-order valence-electron chi connectivity index (χ1n) is 8.73. The molecule has 1 amide bonds. The molecule has 1 fully saturated rings. The summed E-state index contributed by atoms with van der Waals surface area (Å²) in [5.74, 6) is 0.170. The SMILES string of the molecule is Cc1ccc(S(C)(=O)=O)cc1C(=O)NCC1CCN(c2ccccc2)C1. The Balaban J connectivity index is 1.61. The zero-order valence-corrected chi connectivity index (χ0v) is 15.9. The van der Waals surface area contributed by atoms with Crippen LogP contribution in [0.25, 0.3) is 0 Å². The molecule has 2 aromatic carbocycles. The van der Waals surface area contributed by atoms with Crippen molar-refractivity contribution in [2.24, 2.45) is 5.92 Å². The summed E-state index contributed by atoms with van der Waals surface area (Å²) < 4.78 is 23.4. The highest BCUT2D eigenvalue weighted by molar-refractivity contribution is 7.90. The molecule has 1 heterocycles. The lowest BCUT2D eigenvalue weighted by Gasteiger charge is -2.19. The number of carbonyl (C=O) groups excluding carboxylic acids is 1. The average molecular weight is 372 g/mol. The molecule has 0 radical (unpaired) electrons. The molecule has 1 atom stereocenters. The molecule has 0 spiro atoms. The van der Waals surface area contributed by atoms with E-state index in [2.05, 4.69) is 22.3 Å². The molecule has 0 saturated carbocycles. The molecule has 1 aliphatic heterocycles. The smallest absolute Gasteiger partial charge is 0.251 e. The van der Waals surface area contributed by atoms with E-state index >= 15 is 0 Å². The molecule has 1 unspecified atom stereocenters. The molecular formula is C20H24N2O3S. The summed E-state index contributed by atoms with van der Waals surface area (Å²) in [6.07, 6.45) is 2.17. The topological polar surface area (TPSA) is 66.5 Å². The summed E-state index contributed by atoms with van der Waals surface area (Å²) in [5, 5.41) is 2.97. The Morgan fingerprint density at radius 3 is 2.62 bits per heavy atom. The van der Waals surface area contributed by atoms with Gasteiger partial charge in [0, 0.05) is 37.1 Å². The molecule has 0 bridgehead atoms. The van der Waals surface area contributed by atoms with Crippen LogP contribution in [0.5, 0.6) is 0 Å². The fourth-order valence-electron chi connectivity index (χ4n) is 3.28. The van der Waals surface area contributed by atoms with Crippen molar-refractivity contribution in [3.8, 4) is 0 Å². The van der Waals surface area contributed by atoms with Crippen LogP contribution in [-0.4, -0.2) is 40.2 Å².